The topological polar surface area (TPSA) is 73.9 Å². The highest BCUT2D eigenvalue weighted by atomic mass is 16.2. The summed E-state index contributed by atoms with van der Waals surface area (Å²) in [5.74, 6) is -0.544. The van der Waals surface area contributed by atoms with Crippen LogP contribution in [-0.4, -0.2) is 20.7 Å². The summed E-state index contributed by atoms with van der Waals surface area (Å²) in [5, 5.41) is 4.19. The second kappa shape index (κ2) is 9.03. The molecule has 4 aromatic carbocycles. The minimum Gasteiger partial charge on any atom is -0.354 e. The Kier molecular flexibility index (Phi) is 5.33. The Morgan fingerprint density at radius 1 is 0.769 bits per heavy atom. The van der Waals surface area contributed by atoms with Crippen LogP contribution >= 0.6 is 0 Å². The minimum absolute atomic E-state index is 0.00243. The molecule has 1 aliphatic heterocycles. The zero-order valence-corrected chi connectivity index (χ0v) is 21.4. The van der Waals surface area contributed by atoms with Gasteiger partial charge in [-0.3, -0.25) is 14.7 Å². The van der Waals surface area contributed by atoms with Crippen molar-refractivity contribution < 1.29 is 4.79 Å². The van der Waals surface area contributed by atoms with Gasteiger partial charge in [-0.2, -0.15) is 0 Å². The summed E-state index contributed by atoms with van der Waals surface area (Å²) < 4.78 is 1.56. The second-order valence-corrected chi connectivity index (χ2v) is 9.95. The standard InChI is InChI=1S/C33H26N4O2/c1-21-28(33(39)37(35-21)23-14-6-3-7-15-23)31-29(24-16-8-10-18-26(24)34-31)30-25-17-9-11-19-27(25)36(32(30)38)20-22-12-4-2-5-13-22/h2-19,30,34-35H,20H2,1H3. The van der Waals surface area contributed by atoms with Crippen molar-refractivity contribution in [2.45, 2.75) is 19.4 Å². The summed E-state index contributed by atoms with van der Waals surface area (Å²) in [6, 6.07) is 35.5. The summed E-state index contributed by atoms with van der Waals surface area (Å²) in [6.07, 6.45) is 0. The van der Waals surface area contributed by atoms with E-state index in [0.29, 0.717) is 17.8 Å². The number of rotatable bonds is 5. The number of anilines is 1. The Morgan fingerprint density at radius 3 is 2.23 bits per heavy atom. The number of aromatic amines is 2. The van der Waals surface area contributed by atoms with E-state index in [2.05, 4.69) is 10.1 Å². The molecule has 1 amide bonds. The number of carbonyl (C=O) groups excluding carboxylic acids is 1. The first kappa shape index (κ1) is 23.0. The maximum atomic E-state index is 14.3. The number of fused-ring (bicyclic) bond motifs is 2. The van der Waals surface area contributed by atoms with Crippen LogP contribution in [0.25, 0.3) is 27.8 Å². The molecular weight excluding hydrogens is 484 g/mol. The third kappa shape index (κ3) is 3.64. The molecule has 6 heteroatoms. The van der Waals surface area contributed by atoms with Gasteiger partial charge in [0.2, 0.25) is 5.91 Å². The summed E-state index contributed by atoms with van der Waals surface area (Å²) in [5.41, 5.74) is 7.18. The molecule has 3 heterocycles. The number of aryl methyl sites for hydroxylation is 1. The number of hydrogen-bond acceptors (Lipinski definition) is 2. The number of carbonyl (C=O) groups is 1. The SMILES string of the molecule is Cc1[nH]n(-c2ccccc2)c(=O)c1-c1[nH]c2ccccc2c1C1C(=O)N(Cc2ccccc2)c2ccccc21. The van der Waals surface area contributed by atoms with Gasteiger partial charge in [0.15, 0.2) is 0 Å². The van der Waals surface area contributed by atoms with Crippen molar-refractivity contribution in [1.82, 2.24) is 14.8 Å². The molecular formula is C33H26N4O2. The molecule has 39 heavy (non-hydrogen) atoms. The molecule has 0 radical (unpaired) electrons. The Hall–Kier alpha value is -5.10. The Bertz CT molecular complexity index is 1900. The summed E-state index contributed by atoms with van der Waals surface area (Å²) in [6.45, 7) is 2.38. The van der Waals surface area contributed by atoms with Crippen LogP contribution in [0.15, 0.2) is 114 Å². The molecule has 0 fully saturated rings. The lowest BCUT2D eigenvalue weighted by Gasteiger charge is -2.18. The van der Waals surface area contributed by atoms with E-state index in [-0.39, 0.29) is 11.5 Å². The highest BCUT2D eigenvalue weighted by molar-refractivity contribution is 6.10. The predicted octanol–water partition coefficient (Wildman–Crippen LogP) is 6.30. The maximum Gasteiger partial charge on any atom is 0.280 e. The Labute approximate surface area is 225 Å². The van der Waals surface area contributed by atoms with Crippen molar-refractivity contribution in [2.75, 3.05) is 4.90 Å². The van der Waals surface area contributed by atoms with Gasteiger partial charge >= 0.3 is 0 Å². The predicted molar refractivity (Wildman–Crippen MR) is 154 cm³/mol. The molecule has 1 unspecified atom stereocenters. The summed E-state index contributed by atoms with van der Waals surface area (Å²) >= 11 is 0. The molecule has 7 rings (SSSR count). The van der Waals surface area contributed by atoms with E-state index in [1.165, 1.54) is 0 Å². The van der Waals surface area contributed by atoms with Crippen LogP contribution in [0.5, 0.6) is 0 Å². The minimum atomic E-state index is -0.546. The third-order valence-electron chi connectivity index (χ3n) is 7.61. The van der Waals surface area contributed by atoms with E-state index in [1.807, 2.05) is 121 Å². The monoisotopic (exact) mass is 510 g/mol. The van der Waals surface area contributed by atoms with Crippen molar-refractivity contribution in [3.8, 4) is 16.9 Å². The summed E-state index contributed by atoms with van der Waals surface area (Å²) in [7, 11) is 0. The zero-order valence-electron chi connectivity index (χ0n) is 21.4. The van der Waals surface area contributed by atoms with Crippen LogP contribution in [0.2, 0.25) is 0 Å². The normalized spacial score (nSPS) is 14.7. The summed E-state index contributed by atoms with van der Waals surface area (Å²) in [4.78, 5) is 33.6. The van der Waals surface area contributed by atoms with Gasteiger partial charge in [0.25, 0.3) is 5.56 Å². The van der Waals surface area contributed by atoms with Crippen molar-refractivity contribution in [3.63, 3.8) is 0 Å². The van der Waals surface area contributed by atoms with Crippen LogP contribution in [0.1, 0.15) is 28.3 Å². The first-order valence-corrected chi connectivity index (χ1v) is 13.0. The lowest BCUT2D eigenvalue weighted by Crippen LogP contribution is -2.28. The maximum absolute atomic E-state index is 14.3. The van der Waals surface area contributed by atoms with Gasteiger partial charge in [0.1, 0.15) is 0 Å². The quantitative estimate of drug-likeness (QED) is 0.286. The van der Waals surface area contributed by atoms with E-state index in [9.17, 15) is 9.59 Å². The zero-order chi connectivity index (χ0) is 26.5. The van der Waals surface area contributed by atoms with Gasteiger partial charge in [0, 0.05) is 27.8 Å². The van der Waals surface area contributed by atoms with Gasteiger partial charge in [0.05, 0.1) is 29.4 Å². The average molecular weight is 511 g/mol. The average Bonchev–Trinajstić information content (AvgIpc) is 3.58. The second-order valence-electron chi connectivity index (χ2n) is 9.95. The van der Waals surface area contributed by atoms with Gasteiger partial charge in [-0.15, -0.1) is 0 Å². The van der Waals surface area contributed by atoms with Crippen molar-refractivity contribution >= 4 is 22.5 Å². The fourth-order valence-corrected chi connectivity index (χ4v) is 5.85. The van der Waals surface area contributed by atoms with Gasteiger partial charge in [-0.1, -0.05) is 84.9 Å². The number of nitrogens with zero attached hydrogens (tertiary/aromatic N) is 2. The molecule has 6 aromatic rings. The van der Waals surface area contributed by atoms with Crippen LogP contribution in [0, 0.1) is 6.92 Å². The van der Waals surface area contributed by atoms with E-state index in [1.54, 1.807) is 4.68 Å². The largest absolute Gasteiger partial charge is 0.354 e. The number of H-pyrrole nitrogens is 2. The fraction of sp³-hybridized carbons (Fsp3) is 0.0909. The van der Waals surface area contributed by atoms with E-state index in [0.717, 1.165) is 44.7 Å². The molecule has 2 N–H and O–H groups in total. The number of aromatic nitrogens is 3. The van der Waals surface area contributed by atoms with Gasteiger partial charge in [-0.25, -0.2) is 4.68 Å². The number of para-hydroxylation sites is 3. The first-order chi connectivity index (χ1) is 19.1. The number of amides is 1. The number of nitrogens with one attached hydrogen (secondary N) is 2. The lowest BCUT2D eigenvalue weighted by molar-refractivity contribution is -0.118. The Balaban J connectivity index is 1.44. The first-order valence-electron chi connectivity index (χ1n) is 13.0. The molecule has 6 nitrogen and oxygen atoms in total. The molecule has 0 bridgehead atoms. The van der Waals surface area contributed by atoms with Gasteiger partial charge < -0.3 is 9.88 Å². The van der Waals surface area contributed by atoms with Crippen LogP contribution in [0.4, 0.5) is 5.69 Å². The van der Waals surface area contributed by atoms with Crippen LogP contribution in [0.3, 0.4) is 0 Å². The lowest BCUT2D eigenvalue weighted by atomic mass is 9.88. The molecule has 0 saturated carbocycles. The van der Waals surface area contributed by atoms with E-state index in [4.69, 9.17) is 0 Å². The number of hydrogen-bond donors (Lipinski definition) is 2. The van der Waals surface area contributed by atoms with Crippen LogP contribution in [-0.2, 0) is 11.3 Å². The third-order valence-corrected chi connectivity index (χ3v) is 7.61. The molecule has 0 spiro atoms. The molecule has 1 atom stereocenters. The highest BCUT2D eigenvalue weighted by Gasteiger charge is 2.41. The van der Waals surface area contributed by atoms with Crippen molar-refractivity contribution in [1.29, 1.82) is 0 Å². The smallest absolute Gasteiger partial charge is 0.280 e. The van der Waals surface area contributed by atoms with Gasteiger partial charge in [-0.05, 0) is 42.3 Å². The van der Waals surface area contributed by atoms with Crippen molar-refractivity contribution in [2.24, 2.45) is 0 Å². The van der Waals surface area contributed by atoms with E-state index < -0.39 is 5.92 Å². The Morgan fingerprint density at radius 2 is 1.44 bits per heavy atom. The molecule has 0 saturated heterocycles. The molecule has 1 aliphatic rings. The fourth-order valence-electron chi connectivity index (χ4n) is 5.85. The number of benzene rings is 4. The van der Waals surface area contributed by atoms with Crippen LogP contribution < -0.4 is 10.5 Å². The van der Waals surface area contributed by atoms with Crippen molar-refractivity contribution in [3.05, 3.63) is 142 Å². The highest BCUT2D eigenvalue weighted by Crippen LogP contribution is 2.47. The molecule has 2 aromatic heterocycles. The molecule has 190 valence electrons. The van der Waals surface area contributed by atoms with E-state index >= 15 is 0 Å². The molecule has 0 aliphatic carbocycles.